The van der Waals surface area contributed by atoms with E-state index >= 15 is 0 Å². The highest BCUT2D eigenvalue weighted by molar-refractivity contribution is 6.11. The predicted molar refractivity (Wildman–Crippen MR) is 315 cm³/mol. The van der Waals surface area contributed by atoms with Crippen LogP contribution in [0.3, 0.4) is 0 Å². The Morgan fingerprint density at radius 1 is 0.267 bits per heavy atom. The van der Waals surface area contributed by atoms with Crippen molar-refractivity contribution in [3.8, 4) is 72.4 Å². The minimum Gasteiger partial charge on any atom is -0.455 e. The van der Waals surface area contributed by atoms with Gasteiger partial charge in [0.25, 0.3) is 0 Å². The zero-order valence-electron chi connectivity index (χ0n) is 41.0. The smallest absolute Gasteiger partial charge is 0.143 e. The quantitative estimate of drug-likeness (QED) is 0.136. The van der Waals surface area contributed by atoms with Gasteiger partial charge in [0.1, 0.15) is 11.2 Å². The van der Waals surface area contributed by atoms with Gasteiger partial charge in [0, 0.05) is 49.9 Å². The fourth-order valence-electron chi connectivity index (χ4n) is 11.3. The second-order valence-electron chi connectivity index (χ2n) is 19.2. The van der Waals surface area contributed by atoms with Crippen LogP contribution < -0.4 is 4.90 Å². The Kier molecular flexibility index (Phi) is 10.8. The lowest BCUT2D eigenvalue weighted by Crippen LogP contribution is -2.10. The lowest BCUT2D eigenvalue weighted by molar-refractivity contribution is 0.670. The molecule has 0 aliphatic heterocycles. The lowest BCUT2D eigenvalue weighted by atomic mass is 9.84. The first kappa shape index (κ1) is 43.8. The first-order chi connectivity index (χ1) is 37.2. The number of anilines is 3. The van der Waals surface area contributed by atoms with E-state index in [1.807, 2.05) is 12.1 Å². The maximum absolute atomic E-state index is 6.52. The highest BCUT2D eigenvalue weighted by Gasteiger charge is 2.21. The van der Waals surface area contributed by atoms with Crippen LogP contribution in [0.2, 0.25) is 0 Å². The van der Waals surface area contributed by atoms with Crippen molar-refractivity contribution in [1.82, 2.24) is 4.57 Å². The SMILES string of the molecule is c1ccc(-c2ccccc2-c2c(-c3ccccc3)cccc2-c2ccc(N(c3ccc(-c4cccc5c4oc4ccccc45)cc3)c3cccc(-c4ccc5c(c4)c4ccccc4n5-c4ccccc4)c3)cc2)cc1. The molecule has 0 amide bonds. The van der Waals surface area contributed by atoms with Crippen LogP contribution in [0.1, 0.15) is 0 Å². The van der Waals surface area contributed by atoms with Crippen LogP contribution in [-0.2, 0) is 0 Å². The van der Waals surface area contributed by atoms with Gasteiger partial charge in [-0.3, -0.25) is 0 Å². The molecule has 0 unspecified atom stereocenters. The van der Waals surface area contributed by atoms with Gasteiger partial charge in [-0.15, -0.1) is 0 Å². The minimum atomic E-state index is 0.895. The normalized spacial score (nSPS) is 11.5. The summed E-state index contributed by atoms with van der Waals surface area (Å²) in [5, 5.41) is 4.70. The lowest BCUT2D eigenvalue weighted by Gasteiger charge is -2.27. The second kappa shape index (κ2) is 18.6. The van der Waals surface area contributed by atoms with Crippen molar-refractivity contribution in [2.24, 2.45) is 0 Å². The standard InChI is InChI=1S/C72H48N2O/c1-4-19-49(20-5-1)59-27-10-11-30-65(59)71-60(50-21-6-2-7-22-50)31-17-32-61(71)51-37-42-56(43-38-51)73(57-44-39-52(40-45-57)62-33-18-34-66-64-29-13-15-36-70(64)75-72(62)66)58-26-16-23-53(47-58)54-41-46-69-67(48-54)63-28-12-14-35-68(63)74(69)55-24-8-3-9-25-55/h1-48H. The number of fused-ring (bicyclic) bond motifs is 6. The zero-order chi connectivity index (χ0) is 49.7. The van der Waals surface area contributed by atoms with Gasteiger partial charge in [0.2, 0.25) is 0 Å². The van der Waals surface area contributed by atoms with Crippen LogP contribution in [0.15, 0.2) is 296 Å². The van der Waals surface area contributed by atoms with Crippen LogP contribution in [0, 0.1) is 0 Å². The van der Waals surface area contributed by atoms with Crippen molar-refractivity contribution in [3.05, 3.63) is 291 Å². The molecule has 14 rings (SSSR count). The van der Waals surface area contributed by atoms with Gasteiger partial charge in [-0.05, 0) is 134 Å². The van der Waals surface area contributed by atoms with E-state index in [0.717, 1.165) is 72.5 Å². The Hall–Kier alpha value is -9.96. The number of hydrogen-bond donors (Lipinski definition) is 0. The Bertz CT molecular complexity index is 4380. The van der Waals surface area contributed by atoms with Gasteiger partial charge in [-0.25, -0.2) is 0 Å². The molecule has 0 radical (unpaired) electrons. The maximum Gasteiger partial charge on any atom is 0.143 e. The molecule has 0 aliphatic rings. The number of rotatable bonds is 10. The molecule has 2 heterocycles. The van der Waals surface area contributed by atoms with Gasteiger partial charge < -0.3 is 13.9 Å². The molecule has 12 aromatic carbocycles. The van der Waals surface area contributed by atoms with Crippen molar-refractivity contribution in [2.75, 3.05) is 4.90 Å². The molecule has 3 nitrogen and oxygen atoms in total. The monoisotopic (exact) mass is 956 g/mol. The number of nitrogens with zero attached hydrogens (tertiary/aromatic N) is 2. The summed E-state index contributed by atoms with van der Waals surface area (Å²) in [6.07, 6.45) is 0. The van der Waals surface area contributed by atoms with Gasteiger partial charge in [0.05, 0.1) is 11.0 Å². The van der Waals surface area contributed by atoms with E-state index < -0.39 is 0 Å². The highest BCUT2D eigenvalue weighted by atomic mass is 16.3. The summed E-state index contributed by atoms with van der Waals surface area (Å²) >= 11 is 0. The van der Waals surface area contributed by atoms with Gasteiger partial charge in [0.15, 0.2) is 0 Å². The van der Waals surface area contributed by atoms with Gasteiger partial charge in [-0.1, -0.05) is 218 Å². The summed E-state index contributed by atoms with van der Waals surface area (Å²) in [6.45, 7) is 0. The first-order valence-electron chi connectivity index (χ1n) is 25.7. The molecule has 0 fully saturated rings. The summed E-state index contributed by atoms with van der Waals surface area (Å²) in [5.74, 6) is 0. The van der Waals surface area contributed by atoms with E-state index in [0.29, 0.717) is 0 Å². The van der Waals surface area contributed by atoms with Crippen molar-refractivity contribution < 1.29 is 4.42 Å². The molecule has 0 N–H and O–H groups in total. The molecular formula is C72H48N2O. The molecule has 0 atom stereocenters. The van der Waals surface area contributed by atoms with E-state index in [4.69, 9.17) is 4.42 Å². The van der Waals surface area contributed by atoms with E-state index in [2.05, 4.69) is 289 Å². The molecule has 0 bridgehead atoms. The fourth-order valence-corrected chi connectivity index (χ4v) is 11.3. The largest absolute Gasteiger partial charge is 0.455 e. The third kappa shape index (κ3) is 7.78. The van der Waals surface area contributed by atoms with E-state index in [1.165, 1.54) is 60.8 Å². The molecular weight excluding hydrogens is 909 g/mol. The second-order valence-corrected chi connectivity index (χ2v) is 19.2. The molecule has 3 heteroatoms. The molecule has 0 saturated heterocycles. The van der Waals surface area contributed by atoms with Crippen LogP contribution in [0.5, 0.6) is 0 Å². The molecule has 14 aromatic rings. The Morgan fingerprint density at radius 3 is 1.45 bits per heavy atom. The summed E-state index contributed by atoms with van der Waals surface area (Å²) in [7, 11) is 0. The number of para-hydroxylation sites is 4. The fraction of sp³-hybridized carbons (Fsp3) is 0. The average molecular weight is 957 g/mol. The van der Waals surface area contributed by atoms with Gasteiger partial charge >= 0.3 is 0 Å². The third-order valence-electron chi connectivity index (χ3n) is 14.8. The number of furan rings is 1. The van der Waals surface area contributed by atoms with Crippen LogP contribution in [0.4, 0.5) is 17.1 Å². The maximum atomic E-state index is 6.52. The summed E-state index contributed by atoms with van der Waals surface area (Å²) in [4.78, 5) is 2.38. The molecule has 0 saturated carbocycles. The third-order valence-corrected chi connectivity index (χ3v) is 14.8. The molecule has 0 spiro atoms. The number of hydrogen-bond acceptors (Lipinski definition) is 2. The van der Waals surface area contributed by atoms with Crippen LogP contribution in [0.25, 0.3) is 116 Å². The Labute approximate surface area is 436 Å². The Balaban J connectivity index is 0.905. The average Bonchev–Trinajstić information content (AvgIpc) is 4.04. The predicted octanol–water partition coefficient (Wildman–Crippen LogP) is 20.2. The number of aromatic nitrogens is 1. The van der Waals surface area contributed by atoms with Gasteiger partial charge in [-0.2, -0.15) is 0 Å². The molecule has 2 aromatic heterocycles. The first-order valence-corrected chi connectivity index (χ1v) is 25.7. The topological polar surface area (TPSA) is 21.3 Å². The van der Waals surface area contributed by atoms with E-state index in [1.54, 1.807) is 0 Å². The van der Waals surface area contributed by atoms with Crippen LogP contribution >= 0.6 is 0 Å². The molecule has 75 heavy (non-hydrogen) atoms. The minimum absolute atomic E-state index is 0.895. The van der Waals surface area contributed by atoms with Crippen molar-refractivity contribution in [1.29, 1.82) is 0 Å². The van der Waals surface area contributed by atoms with Crippen LogP contribution in [-0.4, -0.2) is 4.57 Å². The van der Waals surface area contributed by atoms with Crippen molar-refractivity contribution in [3.63, 3.8) is 0 Å². The summed E-state index contributed by atoms with van der Waals surface area (Å²) < 4.78 is 8.89. The van der Waals surface area contributed by atoms with E-state index in [9.17, 15) is 0 Å². The highest BCUT2D eigenvalue weighted by Crippen LogP contribution is 2.46. The molecule has 352 valence electrons. The van der Waals surface area contributed by atoms with Crippen molar-refractivity contribution >= 4 is 60.8 Å². The van der Waals surface area contributed by atoms with Crippen molar-refractivity contribution in [2.45, 2.75) is 0 Å². The summed E-state index contributed by atoms with van der Waals surface area (Å²) in [6, 6.07) is 105. The van der Waals surface area contributed by atoms with E-state index in [-0.39, 0.29) is 0 Å². The molecule has 0 aliphatic carbocycles. The number of benzene rings is 12. The Morgan fingerprint density at radius 2 is 0.733 bits per heavy atom. The zero-order valence-corrected chi connectivity index (χ0v) is 41.0. The summed E-state index contributed by atoms with van der Waals surface area (Å²) in [5.41, 5.74) is 22.4.